The van der Waals surface area contributed by atoms with E-state index >= 15 is 0 Å². The van der Waals surface area contributed by atoms with Crippen molar-refractivity contribution in [2.45, 2.75) is 27.0 Å². The molecule has 0 radical (unpaired) electrons. The second-order valence-corrected chi connectivity index (χ2v) is 7.73. The number of likely N-dealkylation sites (N-methyl/N-ethyl adjacent to an activating group) is 1. The third-order valence-electron chi connectivity index (χ3n) is 5.72. The van der Waals surface area contributed by atoms with E-state index in [4.69, 9.17) is 14.0 Å². The minimum Gasteiger partial charge on any atom is -0.493 e. The quantitative estimate of drug-likeness (QED) is 0.621. The molecule has 0 N–H and O–H groups in total. The third kappa shape index (κ3) is 4.21. The van der Waals surface area contributed by atoms with Gasteiger partial charge in [-0.1, -0.05) is 23.4 Å². The molecule has 7 heteroatoms. The second-order valence-electron chi connectivity index (χ2n) is 7.73. The Labute approximate surface area is 182 Å². The van der Waals surface area contributed by atoms with Crippen LogP contribution in [0, 0.1) is 13.8 Å². The van der Waals surface area contributed by atoms with Gasteiger partial charge in [0.2, 0.25) is 0 Å². The van der Waals surface area contributed by atoms with Gasteiger partial charge >= 0.3 is 0 Å². The van der Waals surface area contributed by atoms with Crippen LogP contribution >= 0.6 is 0 Å². The number of hydrogen-bond acceptors (Lipinski definition) is 6. The molecule has 1 aromatic heterocycles. The Kier molecular flexibility index (Phi) is 5.84. The first-order chi connectivity index (χ1) is 15.0. The van der Waals surface area contributed by atoms with Crippen LogP contribution in [0.5, 0.6) is 11.5 Å². The maximum atomic E-state index is 13.3. The summed E-state index contributed by atoms with van der Waals surface area (Å²) in [6.07, 6.45) is 0. The fourth-order valence-corrected chi connectivity index (χ4v) is 3.83. The van der Waals surface area contributed by atoms with Crippen LogP contribution < -0.4 is 14.4 Å². The van der Waals surface area contributed by atoms with E-state index in [0.29, 0.717) is 36.8 Å². The summed E-state index contributed by atoms with van der Waals surface area (Å²) in [5.74, 6) is 1.79. The predicted octanol–water partition coefficient (Wildman–Crippen LogP) is 3.97. The number of carbonyl (C=O) groups excluding carboxylic acids is 1. The zero-order chi connectivity index (χ0) is 22.0. The van der Waals surface area contributed by atoms with Crippen LogP contribution in [0.1, 0.15) is 32.9 Å². The lowest BCUT2D eigenvalue weighted by atomic mass is 10.1. The Bertz CT molecular complexity index is 1070. The summed E-state index contributed by atoms with van der Waals surface area (Å²) < 4.78 is 16.6. The fourth-order valence-electron chi connectivity index (χ4n) is 3.83. The van der Waals surface area contributed by atoms with Gasteiger partial charge in [-0.3, -0.25) is 4.79 Å². The number of rotatable bonds is 5. The SMILES string of the molecule is COc1cc(C(=O)N2CCN(C)c3ccccc3C2)ccc1OCc1c(C)noc1C. The van der Waals surface area contributed by atoms with Crippen molar-refractivity contribution in [1.82, 2.24) is 10.1 Å². The molecule has 3 aromatic rings. The zero-order valence-corrected chi connectivity index (χ0v) is 18.3. The molecule has 0 atom stereocenters. The van der Waals surface area contributed by atoms with E-state index in [9.17, 15) is 4.79 Å². The maximum absolute atomic E-state index is 13.3. The summed E-state index contributed by atoms with van der Waals surface area (Å²) in [5, 5.41) is 3.95. The molecule has 0 saturated heterocycles. The number of ether oxygens (including phenoxy) is 2. The first kappa shape index (κ1) is 20.8. The summed E-state index contributed by atoms with van der Waals surface area (Å²) in [7, 11) is 3.63. The topological polar surface area (TPSA) is 68.0 Å². The molecule has 0 bridgehead atoms. The van der Waals surface area contributed by atoms with Crippen molar-refractivity contribution in [3.8, 4) is 11.5 Å². The van der Waals surface area contributed by atoms with Crippen molar-refractivity contribution in [2.24, 2.45) is 0 Å². The summed E-state index contributed by atoms with van der Waals surface area (Å²) >= 11 is 0. The molecule has 1 aliphatic rings. The summed E-state index contributed by atoms with van der Waals surface area (Å²) in [6, 6.07) is 13.5. The van der Waals surface area contributed by atoms with Gasteiger partial charge < -0.3 is 23.8 Å². The minimum atomic E-state index is -0.0272. The van der Waals surface area contributed by atoms with E-state index in [1.165, 1.54) is 5.69 Å². The summed E-state index contributed by atoms with van der Waals surface area (Å²) in [5.41, 5.74) is 4.59. The van der Waals surface area contributed by atoms with Crippen LogP contribution in [0.2, 0.25) is 0 Å². The lowest BCUT2D eigenvalue weighted by Crippen LogP contribution is -2.34. The Morgan fingerprint density at radius 2 is 1.94 bits per heavy atom. The number of hydrogen-bond donors (Lipinski definition) is 0. The van der Waals surface area contributed by atoms with Crippen LogP contribution in [0.3, 0.4) is 0 Å². The lowest BCUT2D eigenvalue weighted by Gasteiger charge is -2.21. The molecule has 2 aromatic carbocycles. The highest BCUT2D eigenvalue weighted by Crippen LogP contribution is 2.31. The van der Waals surface area contributed by atoms with Gasteiger partial charge in [-0.2, -0.15) is 0 Å². The first-order valence-corrected chi connectivity index (χ1v) is 10.3. The highest BCUT2D eigenvalue weighted by atomic mass is 16.5. The summed E-state index contributed by atoms with van der Waals surface area (Å²) in [4.78, 5) is 17.3. The van der Waals surface area contributed by atoms with Crippen molar-refractivity contribution in [1.29, 1.82) is 0 Å². The van der Waals surface area contributed by atoms with Crippen molar-refractivity contribution in [2.75, 3.05) is 32.1 Å². The largest absolute Gasteiger partial charge is 0.493 e. The van der Waals surface area contributed by atoms with Gasteiger partial charge in [-0.05, 0) is 43.7 Å². The molecule has 0 saturated carbocycles. The second kappa shape index (κ2) is 8.71. The molecule has 4 rings (SSSR count). The van der Waals surface area contributed by atoms with Crippen LogP contribution in [0.4, 0.5) is 5.69 Å². The van der Waals surface area contributed by atoms with Crippen LogP contribution in [0.15, 0.2) is 47.0 Å². The van der Waals surface area contributed by atoms with E-state index in [0.717, 1.165) is 29.1 Å². The number of nitrogens with zero attached hydrogens (tertiary/aromatic N) is 3. The molecule has 1 amide bonds. The smallest absolute Gasteiger partial charge is 0.254 e. The molecular formula is C24H27N3O4. The van der Waals surface area contributed by atoms with E-state index in [2.05, 4.69) is 29.2 Å². The maximum Gasteiger partial charge on any atom is 0.254 e. The van der Waals surface area contributed by atoms with Crippen LogP contribution in [-0.4, -0.2) is 43.2 Å². The van der Waals surface area contributed by atoms with Crippen LogP contribution in [-0.2, 0) is 13.2 Å². The number of amides is 1. The van der Waals surface area contributed by atoms with E-state index < -0.39 is 0 Å². The molecule has 2 heterocycles. The number of anilines is 1. The normalized spacial score (nSPS) is 13.5. The van der Waals surface area contributed by atoms with Crippen molar-refractivity contribution >= 4 is 11.6 Å². The zero-order valence-electron chi connectivity index (χ0n) is 18.3. The van der Waals surface area contributed by atoms with E-state index in [1.54, 1.807) is 25.3 Å². The number of carbonyl (C=O) groups is 1. The number of methoxy groups -OCH3 is 1. The first-order valence-electron chi connectivity index (χ1n) is 10.3. The fraction of sp³-hybridized carbons (Fsp3) is 0.333. The molecule has 162 valence electrons. The average molecular weight is 421 g/mol. The number of aromatic nitrogens is 1. The number of fused-ring (bicyclic) bond motifs is 1. The standard InChI is InChI=1S/C24H27N3O4/c1-16-20(17(2)31-25-16)15-30-22-10-9-18(13-23(22)29-4)24(28)27-12-11-26(3)21-8-6-5-7-19(21)14-27/h5-10,13H,11-12,14-15H2,1-4H3. The Morgan fingerprint density at radius 1 is 1.13 bits per heavy atom. The van der Waals surface area contributed by atoms with Gasteiger partial charge in [0.1, 0.15) is 12.4 Å². The predicted molar refractivity (Wildman–Crippen MR) is 118 cm³/mol. The van der Waals surface area contributed by atoms with Gasteiger partial charge in [-0.25, -0.2) is 0 Å². The molecule has 0 spiro atoms. The number of aryl methyl sites for hydroxylation is 2. The highest BCUT2D eigenvalue weighted by Gasteiger charge is 2.23. The Hall–Kier alpha value is -3.48. The monoisotopic (exact) mass is 421 g/mol. The van der Waals surface area contributed by atoms with Gasteiger partial charge in [0, 0.05) is 37.9 Å². The minimum absolute atomic E-state index is 0.0272. The molecule has 1 aliphatic heterocycles. The van der Waals surface area contributed by atoms with Crippen molar-refractivity contribution in [3.05, 3.63) is 70.6 Å². The van der Waals surface area contributed by atoms with Gasteiger partial charge in [0.15, 0.2) is 11.5 Å². The van der Waals surface area contributed by atoms with Gasteiger partial charge in [-0.15, -0.1) is 0 Å². The lowest BCUT2D eigenvalue weighted by molar-refractivity contribution is 0.0751. The van der Waals surface area contributed by atoms with Crippen molar-refractivity contribution < 1.29 is 18.8 Å². The van der Waals surface area contributed by atoms with Gasteiger partial charge in [0.25, 0.3) is 5.91 Å². The van der Waals surface area contributed by atoms with E-state index in [-0.39, 0.29) is 5.91 Å². The van der Waals surface area contributed by atoms with Crippen LogP contribution in [0.25, 0.3) is 0 Å². The summed E-state index contributed by atoms with van der Waals surface area (Å²) in [6.45, 7) is 6.06. The Morgan fingerprint density at radius 3 is 2.68 bits per heavy atom. The molecular weight excluding hydrogens is 394 g/mol. The third-order valence-corrected chi connectivity index (χ3v) is 5.72. The van der Waals surface area contributed by atoms with E-state index in [1.807, 2.05) is 30.9 Å². The number of para-hydroxylation sites is 1. The highest BCUT2D eigenvalue weighted by molar-refractivity contribution is 5.95. The van der Waals surface area contributed by atoms with Crippen molar-refractivity contribution in [3.63, 3.8) is 0 Å². The molecule has 31 heavy (non-hydrogen) atoms. The molecule has 0 unspecified atom stereocenters. The molecule has 0 aliphatic carbocycles. The number of benzene rings is 2. The van der Waals surface area contributed by atoms with Gasteiger partial charge in [0.05, 0.1) is 18.4 Å². The molecule has 7 nitrogen and oxygen atoms in total. The molecule has 0 fully saturated rings. The Balaban J connectivity index is 1.52. The average Bonchev–Trinajstić information content (AvgIpc) is 3.01.